The highest BCUT2D eigenvalue weighted by atomic mass is 16.4. The highest BCUT2D eigenvalue weighted by Crippen LogP contribution is 2.38. The lowest BCUT2D eigenvalue weighted by Crippen LogP contribution is -2.10. The first-order chi connectivity index (χ1) is 8.11. The molecule has 2 unspecified atom stereocenters. The van der Waals surface area contributed by atoms with Crippen LogP contribution in [0.3, 0.4) is 0 Å². The summed E-state index contributed by atoms with van der Waals surface area (Å²) in [5, 5.41) is 12.4. The minimum atomic E-state index is -0.938. The van der Waals surface area contributed by atoms with Gasteiger partial charge in [-0.05, 0) is 37.0 Å². The van der Waals surface area contributed by atoms with Gasteiger partial charge >= 0.3 is 5.97 Å². The lowest BCUT2D eigenvalue weighted by Gasteiger charge is -2.10. The zero-order chi connectivity index (χ0) is 12.4. The number of hydrogen-bond donors (Lipinski definition) is 3. The number of nitrogens with one attached hydrogen (secondary N) is 1. The van der Waals surface area contributed by atoms with Crippen LogP contribution >= 0.6 is 0 Å². The van der Waals surface area contributed by atoms with Crippen molar-refractivity contribution in [2.75, 3.05) is 11.1 Å². The van der Waals surface area contributed by atoms with Gasteiger partial charge in [-0.15, -0.1) is 0 Å². The van der Waals surface area contributed by atoms with E-state index in [0.717, 1.165) is 6.42 Å². The van der Waals surface area contributed by atoms with Crippen molar-refractivity contribution in [1.29, 1.82) is 0 Å². The lowest BCUT2D eigenvalue weighted by molar-refractivity contribution is 0.0698. The fourth-order valence-corrected chi connectivity index (χ4v) is 2.18. The Balaban J connectivity index is 2.08. The predicted octanol–water partition coefficient (Wildman–Crippen LogP) is 2.57. The molecular weight excluding hydrogens is 216 g/mol. The highest BCUT2D eigenvalue weighted by Gasteiger charge is 2.36. The van der Waals surface area contributed by atoms with Crippen molar-refractivity contribution in [3.8, 4) is 0 Å². The Bertz CT molecular complexity index is 431. The molecule has 17 heavy (non-hydrogen) atoms. The number of rotatable bonds is 5. The summed E-state index contributed by atoms with van der Waals surface area (Å²) in [6.45, 7) is 2.17. The number of benzene rings is 1. The van der Waals surface area contributed by atoms with Crippen LogP contribution in [0.15, 0.2) is 18.2 Å². The SMILES string of the molecule is CCCC1CC1Nc1ccc(N)cc1C(=O)O. The number of nitrogens with two attached hydrogens (primary N) is 1. The third kappa shape index (κ3) is 2.70. The fraction of sp³-hybridized carbons (Fsp3) is 0.462. The van der Waals surface area contributed by atoms with Gasteiger partial charge in [-0.25, -0.2) is 4.79 Å². The first-order valence-corrected chi connectivity index (χ1v) is 6.01. The summed E-state index contributed by atoms with van der Waals surface area (Å²) in [7, 11) is 0. The number of aromatic carboxylic acids is 1. The largest absolute Gasteiger partial charge is 0.478 e. The minimum Gasteiger partial charge on any atom is -0.478 e. The molecule has 0 heterocycles. The van der Waals surface area contributed by atoms with Gasteiger partial charge in [0, 0.05) is 17.4 Å². The molecule has 4 heteroatoms. The molecule has 0 aliphatic heterocycles. The van der Waals surface area contributed by atoms with E-state index in [2.05, 4.69) is 12.2 Å². The molecule has 4 N–H and O–H groups in total. The predicted molar refractivity (Wildman–Crippen MR) is 68.2 cm³/mol. The third-order valence-electron chi connectivity index (χ3n) is 3.20. The molecule has 2 atom stereocenters. The van der Waals surface area contributed by atoms with Gasteiger partial charge in [-0.1, -0.05) is 13.3 Å². The molecule has 1 saturated carbocycles. The minimum absolute atomic E-state index is 0.257. The van der Waals surface area contributed by atoms with Gasteiger partial charge in [0.2, 0.25) is 0 Å². The average Bonchev–Trinajstić information content (AvgIpc) is 2.99. The summed E-state index contributed by atoms with van der Waals surface area (Å²) in [6.07, 6.45) is 3.52. The van der Waals surface area contributed by atoms with E-state index in [1.165, 1.54) is 18.9 Å². The number of nitrogen functional groups attached to an aromatic ring is 1. The molecule has 0 bridgehead atoms. The van der Waals surface area contributed by atoms with Gasteiger partial charge in [0.15, 0.2) is 0 Å². The molecule has 92 valence electrons. The van der Waals surface area contributed by atoms with Crippen molar-refractivity contribution in [3.05, 3.63) is 23.8 Å². The average molecular weight is 234 g/mol. The standard InChI is InChI=1S/C13H18N2O2/c1-2-3-8-6-12(8)15-11-5-4-9(14)7-10(11)13(16)17/h4-5,7-8,12,15H,2-3,6,14H2,1H3,(H,16,17). The number of carboxylic acid groups (broad SMARTS) is 1. The van der Waals surface area contributed by atoms with Crippen molar-refractivity contribution in [2.24, 2.45) is 5.92 Å². The molecule has 0 radical (unpaired) electrons. The monoisotopic (exact) mass is 234 g/mol. The van der Waals surface area contributed by atoms with Gasteiger partial charge in [0.25, 0.3) is 0 Å². The molecule has 0 aromatic heterocycles. The van der Waals surface area contributed by atoms with Crippen molar-refractivity contribution in [3.63, 3.8) is 0 Å². The second-order valence-electron chi connectivity index (χ2n) is 4.65. The first-order valence-electron chi connectivity index (χ1n) is 6.01. The van der Waals surface area contributed by atoms with E-state index in [1.807, 2.05) is 0 Å². The van der Waals surface area contributed by atoms with Crippen molar-refractivity contribution >= 4 is 17.3 Å². The van der Waals surface area contributed by atoms with E-state index >= 15 is 0 Å². The smallest absolute Gasteiger partial charge is 0.337 e. The molecule has 1 aromatic rings. The van der Waals surface area contributed by atoms with Crippen LogP contribution < -0.4 is 11.1 Å². The maximum atomic E-state index is 11.1. The topological polar surface area (TPSA) is 75.3 Å². The van der Waals surface area contributed by atoms with Crippen molar-refractivity contribution in [1.82, 2.24) is 0 Å². The van der Waals surface area contributed by atoms with E-state index in [9.17, 15) is 4.79 Å². The van der Waals surface area contributed by atoms with Crippen LogP contribution in [0, 0.1) is 5.92 Å². The van der Waals surface area contributed by atoms with Crippen LogP contribution in [-0.2, 0) is 0 Å². The zero-order valence-corrected chi connectivity index (χ0v) is 9.94. The molecule has 2 rings (SSSR count). The molecule has 1 aromatic carbocycles. The molecule has 1 aliphatic carbocycles. The Morgan fingerprint density at radius 2 is 2.35 bits per heavy atom. The number of carbonyl (C=O) groups is 1. The molecule has 1 fully saturated rings. The number of anilines is 2. The van der Waals surface area contributed by atoms with Crippen LogP contribution in [0.1, 0.15) is 36.5 Å². The Labute approximate surface area is 101 Å². The molecule has 1 aliphatic rings. The Morgan fingerprint density at radius 1 is 1.59 bits per heavy atom. The van der Waals surface area contributed by atoms with Crippen molar-refractivity contribution in [2.45, 2.75) is 32.2 Å². The molecule has 0 saturated heterocycles. The maximum absolute atomic E-state index is 11.1. The van der Waals surface area contributed by atoms with Crippen LogP contribution in [0.5, 0.6) is 0 Å². The van der Waals surface area contributed by atoms with Gasteiger partial charge in [0.05, 0.1) is 5.56 Å². The normalized spacial score (nSPS) is 22.2. The fourth-order valence-electron chi connectivity index (χ4n) is 2.18. The van der Waals surface area contributed by atoms with Crippen LogP contribution in [0.2, 0.25) is 0 Å². The quantitative estimate of drug-likeness (QED) is 0.684. The van der Waals surface area contributed by atoms with Gasteiger partial charge in [-0.3, -0.25) is 0 Å². The number of hydrogen-bond acceptors (Lipinski definition) is 3. The molecule has 0 spiro atoms. The Morgan fingerprint density at radius 3 is 3.00 bits per heavy atom. The summed E-state index contributed by atoms with van der Waals surface area (Å²) >= 11 is 0. The van der Waals surface area contributed by atoms with Gasteiger partial charge in [0.1, 0.15) is 0 Å². The highest BCUT2D eigenvalue weighted by molar-refractivity contribution is 5.95. The first kappa shape index (κ1) is 11.8. The Hall–Kier alpha value is -1.71. The van der Waals surface area contributed by atoms with Crippen LogP contribution in [0.25, 0.3) is 0 Å². The third-order valence-corrected chi connectivity index (χ3v) is 3.20. The van der Waals surface area contributed by atoms with E-state index in [1.54, 1.807) is 12.1 Å². The summed E-state index contributed by atoms with van der Waals surface area (Å²) in [4.78, 5) is 11.1. The lowest BCUT2D eigenvalue weighted by atomic mass is 10.1. The van der Waals surface area contributed by atoms with E-state index < -0.39 is 5.97 Å². The van der Waals surface area contributed by atoms with E-state index in [0.29, 0.717) is 23.3 Å². The zero-order valence-electron chi connectivity index (χ0n) is 9.94. The molecular formula is C13H18N2O2. The van der Waals surface area contributed by atoms with Crippen molar-refractivity contribution < 1.29 is 9.90 Å². The van der Waals surface area contributed by atoms with E-state index in [4.69, 9.17) is 10.8 Å². The number of carboxylic acids is 1. The molecule has 4 nitrogen and oxygen atoms in total. The van der Waals surface area contributed by atoms with Gasteiger partial charge in [-0.2, -0.15) is 0 Å². The maximum Gasteiger partial charge on any atom is 0.337 e. The Kier molecular flexibility index (Phi) is 3.22. The van der Waals surface area contributed by atoms with E-state index in [-0.39, 0.29) is 5.56 Å². The van der Waals surface area contributed by atoms with Crippen LogP contribution in [0.4, 0.5) is 11.4 Å². The second-order valence-corrected chi connectivity index (χ2v) is 4.65. The van der Waals surface area contributed by atoms with Crippen LogP contribution in [-0.4, -0.2) is 17.1 Å². The second kappa shape index (κ2) is 4.65. The summed E-state index contributed by atoms with van der Waals surface area (Å²) in [5.74, 6) is -0.244. The van der Waals surface area contributed by atoms with Gasteiger partial charge < -0.3 is 16.2 Å². The molecule has 0 amide bonds. The summed E-state index contributed by atoms with van der Waals surface area (Å²) in [6, 6.07) is 5.41. The summed E-state index contributed by atoms with van der Waals surface area (Å²) in [5.41, 5.74) is 7.01. The summed E-state index contributed by atoms with van der Waals surface area (Å²) < 4.78 is 0.